The molecule has 2 heterocycles. The van der Waals surface area contributed by atoms with Crippen molar-refractivity contribution >= 4 is 35.0 Å². The Balaban J connectivity index is 1.88. The highest BCUT2D eigenvalue weighted by Gasteiger charge is 2.20. The minimum atomic E-state index is -0.245. The normalized spacial score (nSPS) is 10.7. The summed E-state index contributed by atoms with van der Waals surface area (Å²) < 4.78 is 6.83. The van der Waals surface area contributed by atoms with Gasteiger partial charge in [0.15, 0.2) is 11.0 Å². The lowest BCUT2D eigenvalue weighted by atomic mass is 10.1. The Hall–Kier alpha value is -2.58. The van der Waals surface area contributed by atoms with Crippen LogP contribution in [-0.2, 0) is 13.6 Å². The Labute approximate surface area is 166 Å². The van der Waals surface area contributed by atoms with Gasteiger partial charge in [-0.05, 0) is 24.0 Å². The van der Waals surface area contributed by atoms with Crippen molar-refractivity contribution in [2.45, 2.75) is 11.7 Å². The number of imidazole rings is 1. The Morgan fingerprint density at radius 3 is 2.81 bits per heavy atom. The Kier molecular flexibility index (Phi) is 5.98. The Morgan fingerprint density at radius 1 is 1.37 bits per heavy atom. The zero-order chi connectivity index (χ0) is 19.4. The van der Waals surface area contributed by atoms with E-state index in [-0.39, 0.29) is 5.78 Å². The van der Waals surface area contributed by atoms with Gasteiger partial charge in [-0.15, -0.1) is 0 Å². The van der Waals surface area contributed by atoms with Crippen LogP contribution in [0, 0.1) is 0 Å². The maximum Gasteiger partial charge on any atom is 0.233 e. The van der Waals surface area contributed by atoms with E-state index in [1.54, 1.807) is 37.2 Å². The molecule has 0 radical (unpaired) electrons. The molecule has 1 aromatic carbocycles. The van der Waals surface area contributed by atoms with Crippen molar-refractivity contribution in [3.8, 4) is 5.75 Å². The van der Waals surface area contributed by atoms with Gasteiger partial charge in [0.25, 0.3) is 0 Å². The van der Waals surface area contributed by atoms with E-state index in [2.05, 4.69) is 20.3 Å². The van der Waals surface area contributed by atoms with E-state index in [0.29, 0.717) is 39.7 Å². The van der Waals surface area contributed by atoms with Crippen molar-refractivity contribution in [1.29, 1.82) is 0 Å². The largest absolute Gasteiger partial charge is 0.495 e. The topological polar surface area (TPSA) is 81.9 Å². The highest BCUT2D eigenvalue weighted by Crippen LogP contribution is 2.26. The van der Waals surface area contributed by atoms with Gasteiger partial charge in [-0.3, -0.25) is 4.79 Å². The van der Waals surface area contributed by atoms with Gasteiger partial charge < -0.3 is 14.6 Å². The molecular weight excluding hydrogens is 386 g/mol. The minimum absolute atomic E-state index is 0.245. The van der Waals surface area contributed by atoms with Crippen LogP contribution in [-0.4, -0.2) is 38.7 Å². The fraction of sp³-hybridized carbons (Fsp3) is 0.222. The molecule has 1 N–H and O–H groups in total. The van der Waals surface area contributed by atoms with Crippen molar-refractivity contribution in [2.24, 2.45) is 7.05 Å². The second-order valence-corrected chi connectivity index (χ2v) is 6.81. The molecule has 3 rings (SSSR count). The number of aryl methyl sites for hydroxylation is 1. The lowest BCUT2D eigenvalue weighted by Gasteiger charge is -2.12. The van der Waals surface area contributed by atoms with E-state index >= 15 is 0 Å². The second-order valence-electron chi connectivity index (χ2n) is 5.63. The summed E-state index contributed by atoms with van der Waals surface area (Å²) in [6, 6.07) is 5.51. The van der Waals surface area contributed by atoms with Gasteiger partial charge in [0.2, 0.25) is 5.78 Å². The molecule has 0 aliphatic rings. The fourth-order valence-corrected chi connectivity index (χ4v) is 3.10. The van der Waals surface area contributed by atoms with E-state index < -0.39 is 0 Å². The summed E-state index contributed by atoms with van der Waals surface area (Å²) in [6.45, 7) is 0.440. The molecule has 0 atom stereocenters. The van der Waals surface area contributed by atoms with Gasteiger partial charge in [0.05, 0.1) is 17.7 Å². The number of nitrogens with zero attached hydrogens (tertiary/aromatic N) is 4. The van der Waals surface area contributed by atoms with Gasteiger partial charge in [0.1, 0.15) is 11.6 Å². The lowest BCUT2D eigenvalue weighted by molar-refractivity contribution is 0.102. The van der Waals surface area contributed by atoms with Gasteiger partial charge in [-0.1, -0.05) is 29.4 Å². The van der Waals surface area contributed by atoms with Crippen LogP contribution in [0.2, 0.25) is 5.02 Å². The van der Waals surface area contributed by atoms with Crippen LogP contribution in [0.15, 0.2) is 41.9 Å². The summed E-state index contributed by atoms with van der Waals surface area (Å²) in [5.74, 6) is 1.14. The smallest absolute Gasteiger partial charge is 0.233 e. The van der Waals surface area contributed by atoms with Crippen LogP contribution in [0.25, 0.3) is 0 Å². The highest BCUT2D eigenvalue weighted by atomic mass is 35.5. The van der Waals surface area contributed by atoms with Crippen LogP contribution < -0.4 is 10.1 Å². The van der Waals surface area contributed by atoms with Gasteiger partial charge in [-0.2, -0.15) is 0 Å². The van der Waals surface area contributed by atoms with Crippen molar-refractivity contribution in [1.82, 2.24) is 19.5 Å². The number of nitrogens with one attached hydrogen (secondary N) is 1. The molecule has 3 aromatic rings. The molecule has 0 saturated carbocycles. The third-order valence-electron chi connectivity index (χ3n) is 3.89. The number of halogens is 1. The SMILES string of the molecule is COc1ccc(CNc2nc(SC)ncc2C(=O)c2nccn2C)cc1Cl. The number of ketones is 1. The van der Waals surface area contributed by atoms with E-state index in [4.69, 9.17) is 16.3 Å². The second kappa shape index (κ2) is 8.41. The molecule has 0 aliphatic carbocycles. The third kappa shape index (κ3) is 4.23. The summed E-state index contributed by atoms with van der Waals surface area (Å²) in [4.78, 5) is 25.6. The molecule has 140 valence electrons. The summed E-state index contributed by atoms with van der Waals surface area (Å²) in [7, 11) is 3.34. The molecular formula is C18H18ClN5O2S. The molecule has 0 unspecified atom stereocenters. The third-order valence-corrected chi connectivity index (χ3v) is 4.75. The number of rotatable bonds is 7. The highest BCUT2D eigenvalue weighted by molar-refractivity contribution is 7.98. The zero-order valence-electron chi connectivity index (χ0n) is 15.1. The number of hydrogen-bond acceptors (Lipinski definition) is 7. The van der Waals surface area contributed by atoms with Crippen molar-refractivity contribution < 1.29 is 9.53 Å². The molecule has 0 spiro atoms. The van der Waals surface area contributed by atoms with Gasteiger partial charge in [0, 0.05) is 32.2 Å². The summed E-state index contributed by atoms with van der Waals surface area (Å²) in [5, 5.41) is 4.30. The van der Waals surface area contributed by atoms with Gasteiger partial charge in [-0.25, -0.2) is 15.0 Å². The lowest BCUT2D eigenvalue weighted by Crippen LogP contribution is -2.14. The minimum Gasteiger partial charge on any atom is -0.495 e. The first-order valence-corrected chi connectivity index (χ1v) is 9.63. The number of aromatic nitrogens is 4. The number of hydrogen-bond donors (Lipinski definition) is 1. The standard InChI is InChI=1S/C18H18ClN5O2S/c1-24-7-6-20-17(24)15(25)12-10-22-18(27-3)23-16(12)21-9-11-4-5-14(26-2)13(19)8-11/h4-8,10H,9H2,1-3H3,(H,21,22,23). The van der Waals surface area contributed by atoms with Crippen molar-refractivity contribution in [3.63, 3.8) is 0 Å². The molecule has 0 aliphatic heterocycles. The first-order valence-electron chi connectivity index (χ1n) is 8.02. The van der Waals surface area contributed by atoms with Gasteiger partial charge >= 0.3 is 0 Å². The number of carbonyl (C=O) groups is 1. The van der Waals surface area contributed by atoms with E-state index in [0.717, 1.165) is 5.56 Å². The van der Waals surface area contributed by atoms with E-state index in [9.17, 15) is 4.79 Å². The Morgan fingerprint density at radius 2 is 2.19 bits per heavy atom. The monoisotopic (exact) mass is 403 g/mol. The molecule has 0 bridgehead atoms. The summed E-state index contributed by atoms with van der Waals surface area (Å²) in [5.41, 5.74) is 1.29. The maximum absolute atomic E-state index is 12.8. The number of anilines is 1. The number of methoxy groups -OCH3 is 1. The maximum atomic E-state index is 12.8. The predicted molar refractivity (Wildman–Crippen MR) is 106 cm³/mol. The fourth-order valence-electron chi connectivity index (χ4n) is 2.48. The number of carbonyl (C=O) groups excluding carboxylic acids is 1. The Bertz CT molecular complexity index is 976. The van der Waals surface area contributed by atoms with Crippen LogP contribution in [0.1, 0.15) is 21.7 Å². The van der Waals surface area contributed by atoms with Crippen LogP contribution in [0.5, 0.6) is 5.75 Å². The van der Waals surface area contributed by atoms with Crippen LogP contribution in [0.3, 0.4) is 0 Å². The van der Waals surface area contributed by atoms with Crippen LogP contribution in [0.4, 0.5) is 5.82 Å². The zero-order valence-corrected chi connectivity index (χ0v) is 16.6. The summed E-state index contributed by atoms with van der Waals surface area (Å²) in [6.07, 6.45) is 6.70. The van der Waals surface area contributed by atoms with E-state index in [1.165, 1.54) is 18.0 Å². The molecule has 9 heteroatoms. The average molecular weight is 404 g/mol. The molecule has 2 aromatic heterocycles. The van der Waals surface area contributed by atoms with Crippen LogP contribution >= 0.6 is 23.4 Å². The predicted octanol–water partition coefficient (Wildman–Crippen LogP) is 3.44. The molecule has 7 nitrogen and oxygen atoms in total. The first-order chi connectivity index (χ1) is 13.0. The number of thioether (sulfide) groups is 1. The number of ether oxygens (including phenoxy) is 1. The quantitative estimate of drug-likeness (QED) is 0.367. The first kappa shape index (κ1) is 19.2. The van der Waals surface area contributed by atoms with E-state index in [1.807, 2.05) is 18.4 Å². The average Bonchev–Trinajstić information content (AvgIpc) is 3.11. The summed E-state index contributed by atoms with van der Waals surface area (Å²) >= 11 is 7.58. The molecule has 0 fully saturated rings. The molecule has 0 saturated heterocycles. The molecule has 0 amide bonds. The van der Waals surface area contributed by atoms with Crippen molar-refractivity contribution in [3.05, 3.63) is 58.8 Å². The van der Waals surface area contributed by atoms with Crippen molar-refractivity contribution in [2.75, 3.05) is 18.7 Å². The molecule has 27 heavy (non-hydrogen) atoms. The number of benzene rings is 1.